The molecule has 0 unspecified atom stereocenters. The van der Waals surface area contributed by atoms with Gasteiger partial charge in [-0.2, -0.15) is 0 Å². The topological polar surface area (TPSA) is 91.0 Å². The Kier molecular flexibility index (Phi) is 3.53. The van der Waals surface area contributed by atoms with Gasteiger partial charge in [0, 0.05) is 30.3 Å². The molecule has 2 N–H and O–H groups in total. The largest absolute Gasteiger partial charge is 0.345 e. The Morgan fingerprint density at radius 2 is 2.25 bits per heavy atom. The smallest absolute Gasteiger partial charge is 0.254 e. The summed E-state index contributed by atoms with van der Waals surface area (Å²) in [6.07, 6.45) is 2.32. The van der Waals surface area contributed by atoms with Gasteiger partial charge in [-0.3, -0.25) is 9.59 Å². The van der Waals surface area contributed by atoms with Gasteiger partial charge in [0.25, 0.3) is 5.91 Å². The molecule has 1 aliphatic heterocycles. The minimum Gasteiger partial charge on any atom is -0.345 e. The third-order valence-electron chi connectivity index (χ3n) is 3.97. The third kappa shape index (κ3) is 2.65. The molecule has 2 amide bonds. The summed E-state index contributed by atoms with van der Waals surface area (Å²) < 4.78 is 0. The zero-order valence-corrected chi connectivity index (χ0v) is 13.8. The van der Waals surface area contributed by atoms with Gasteiger partial charge in [0.1, 0.15) is 0 Å². The summed E-state index contributed by atoms with van der Waals surface area (Å²) in [4.78, 5) is 38.4. The Hall–Kier alpha value is -2.74. The lowest BCUT2D eigenvalue weighted by Gasteiger charge is -2.26. The standard InChI is InChI=1S/C16H15N5O2S/c1-9(22)19-16-20-12-4-5-21(7-14(12)24-16)15(23)10-2-3-11-13(6-10)18-8-17-11/h2-3,6,8H,4-5,7H2,1H3,(H,17,18)(H,19,20,22). The molecule has 3 aromatic rings. The lowest BCUT2D eigenvalue weighted by molar-refractivity contribution is -0.114. The number of nitrogens with zero attached hydrogens (tertiary/aromatic N) is 3. The normalized spacial score (nSPS) is 13.8. The van der Waals surface area contributed by atoms with Crippen molar-refractivity contribution in [3.05, 3.63) is 40.7 Å². The molecule has 0 spiro atoms. The molecule has 1 aliphatic rings. The number of benzene rings is 1. The average Bonchev–Trinajstić information content (AvgIpc) is 3.17. The molecule has 8 heteroatoms. The van der Waals surface area contributed by atoms with Gasteiger partial charge in [-0.05, 0) is 18.2 Å². The molecule has 2 aromatic heterocycles. The SMILES string of the molecule is CC(=O)Nc1nc2c(s1)CN(C(=O)c1ccc3nc[nH]c3c1)CC2. The first-order valence-electron chi connectivity index (χ1n) is 7.59. The minimum atomic E-state index is -0.137. The molecule has 7 nitrogen and oxygen atoms in total. The van der Waals surface area contributed by atoms with Gasteiger partial charge in [0.2, 0.25) is 5.91 Å². The molecular formula is C16H15N5O2S. The molecule has 0 aliphatic carbocycles. The first-order valence-corrected chi connectivity index (χ1v) is 8.40. The summed E-state index contributed by atoms with van der Waals surface area (Å²) in [5.74, 6) is -0.145. The predicted molar refractivity (Wildman–Crippen MR) is 91.0 cm³/mol. The van der Waals surface area contributed by atoms with E-state index in [9.17, 15) is 9.59 Å². The van der Waals surface area contributed by atoms with Crippen LogP contribution in [0.3, 0.4) is 0 Å². The van der Waals surface area contributed by atoms with E-state index in [-0.39, 0.29) is 11.8 Å². The van der Waals surface area contributed by atoms with Crippen molar-refractivity contribution in [1.29, 1.82) is 0 Å². The number of hydrogen-bond donors (Lipinski definition) is 2. The van der Waals surface area contributed by atoms with Crippen LogP contribution in [-0.2, 0) is 17.8 Å². The molecule has 24 heavy (non-hydrogen) atoms. The van der Waals surface area contributed by atoms with E-state index in [0.717, 1.165) is 21.6 Å². The predicted octanol–water partition coefficient (Wildman–Crippen LogP) is 2.18. The number of anilines is 1. The summed E-state index contributed by atoms with van der Waals surface area (Å²) in [6, 6.07) is 5.47. The van der Waals surface area contributed by atoms with Crippen molar-refractivity contribution in [2.24, 2.45) is 0 Å². The van der Waals surface area contributed by atoms with Crippen LogP contribution in [0.25, 0.3) is 11.0 Å². The van der Waals surface area contributed by atoms with Crippen LogP contribution in [-0.4, -0.2) is 38.2 Å². The molecular weight excluding hydrogens is 326 g/mol. The van der Waals surface area contributed by atoms with Gasteiger partial charge in [0.15, 0.2) is 5.13 Å². The molecule has 122 valence electrons. The van der Waals surface area contributed by atoms with Crippen molar-refractivity contribution < 1.29 is 9.59 Å². The molecule has 3 heterocycles. The van der Waals surface area contributed by atoms with E-state index in [1.165, 1.54) is 18.3 Å². The number of aromatic nitrogens is 3. The molecule has 0 saturated heterocycles. The third-order valence-corrected chi connectivity index (χ3v) is 4.97. The number of thiazole rings is 1. The van der Waals surface area contributed by atoms with Crippen molar-refractivity contribution >= 4 is 39.3 Å². The van der Waals surface area contributed by atoms with Crippen LogP contribution in [0.1, 0.15) is 27.9 Å². The van der Waals surface area contributed by atoms with Crippen LogP contribution >= 0.6 is 11.3 Å². The molecule has 0 fully saturated rings. The summed E-state index contributed by atoms with van der Waals surface area (Å²) in [5, 5.41) is 3.31. The summed E-state index contributed by atoms with van der Waals surface area (Å²) in [7, 11) is 0. The number of carbonyl (C=O) groups excluding carboxylic acids is 2. The fourth-order valence-corrected chi connectivity index (χ4v) is 3.89. The number of carbonyl (C=O) groups is 2. The molecule has 4 rings (SSSR count). The Balaban J connectivity index is 1.55. The number of rotatable bonds is 2. The number of aromatic amines is 1. The molecule has 1 aromatic carbocycles. The summed E-state index contributed by atoms with van der Waals surface area (Å²) >= 11 is 1.43. The monoisotopic (exact) mass is 341 g/mol. The number of hydrogen-bond acceptors (Lipinski definition) is 5. The molecule has 0 atom stereocenters. The maximum atomic E-state index is 12.8. The fourth-order valence-electron chi connectivity index (χ4n) is 2.82. The van der Waals surface area contributed by atoms with Crippen LogP contribution in [0.15, 0.2) is 24.5 Å². The van der Waals surface area contributed by atoms with Crippen molar-refractivity contribution in [3.8, 4) is 0 Å². The van der Waals surface area contributed by atoms with Gasteiger partial charge in [-0.1, -0.05) is 11.3 Å². The van der Waals surface area contributed by atoms with Crippen molar-refractivity contribution in [2.75, 3.05) is 11.9 Å². The fraction of sp³-hybridized carbons (Fsp3) is 0.250. The lowest BCUT2D eigenvalue weighted by Crippen LogP contribution is -2.35. The highest BCUT2D eigenvalue weighted by Gasteiger charge is 2.25. The first-order chi connectivity index (χ1) is 11.6. The second-order valence-electron chi connectivity index (χ2n) is 5.68. The Labute approximate surface area is 141 Å². The van der Waals surface area contributed by atoms with Crippen LogP contribution in [0.2, 0.25) is 0 Å². The second kappa shape index (κ2) is 5.72. The number of amides is 2. The van der Waals surface area contributed by atoms with Crippen molar-refractivity contribution in [2.45, 2.75) is 19.9 Å². The Morgan fingerprint density at radius 1 is 1.38 bits per heavy atom. The van der Waals surface area contributed by atoms with E-state index in [1.54, 1.807) is 12.4 Å². The van der Waals surface area contributed by atoms with Gasteiger partial charge in [0.05, 0.1) is 29.6 Å². The highest BCUT2D eigenvalue weighted by Crippen LogP contribution is 2.29. The molecule has 0 bridgehead atoms. The molecule has 0 saturated carbocycles. The molecule has 0 radical (unpaired) electrons. The van der Waals surface area contributed by atoms with Gasteiger partial charge < -0.3 is 15.2 Å². The zero-order valence-electron chi connectivity index (χ0n) is 13.0. The van der Waals surface area contributed by atoms with E-state index in [2.05, 4.69) is 20.3 Å². The van der Waals surface area contributed by atoms with Gasteiger partial charge in [-0.25, -0.2) is 9.97 Å². The Bertz CT molecular complexity index is 945. The maximum absolute atomic E-state index is 12.8. The van der Waals surface area contributed by atoms with E-state index >= 15 is 0 Å². The van der Waals surface area contributed by atoms with Gasteiger partial charge in [-0.15, -0.1) is 0 Å². The lowest BCUT2D eigenvalue weighted by atomic mass is 10.1. The maximum Gasteiger partial charge on any atom is 0.254 e. The van der Waals surface area contributed by atoms with Crippen LogP contribution in [0.5, 0.6) is 0 Å². The number of imidazole rings is 1. The summed E-state index contributed by atoms with van der Waals surface area (Å²) in [6.45, 7) is 2.60. The highest BCUT2D eigenvalue weighted by atomic mass is 32.1. The van der Waals surface area contributed by atoms with E-state index < -0.39 is 0 Å². The van der Waals surface area contributed by atoms with Gasteiger partial charge >= 0.3 is 0 Å². The van der Waals surface area contributed by atoms with E-state index in [4.69, 9.17) is 0 Å². The number of fused-ring (bicyclic) bond motifs is 2. The van der Waals surface area contributed by atoms with Crippen molar-refractivity contribution in [3.63, 3.8) is 0 Å². The van der Waals surface area contributed by atoms with E-state index in [0.29, 0.717) is 30.2 Å². The number of H-pyrrole nitrogens is 1. The zero-order chi connectivity index (χ0) is 16.7. The van der Waals surface area contributed by atoms with Crippen LogP contribution in [0.4, 0.5) is 5.13 Å². The van der Waals surface area contributed by atoms with Crippen LogP contribution < -0.4 is 5.32 Å². The highest BCUT2D eigenvalue weighted by molar-refractivity contribution is 7.15. The number of nitrogens with one attached hydrogen (secondary N) is 2. The average molecular weight is 341 g/mol. The Morgan fingerprint density at radius 3 is 3.08 bits per heavy atom. The second-order valence-corrected chi connectivity index (χ2v) is 6.76. The quantitative estimate of drug-likeness (QED) is 0.747. The first kappa shape index (κ1) is 14.8. The van der Waals surface area contributed by atoms with Crippen LogP contribution in [0, 0.1) is 0 Å². The van der Waals surface area contributed by atoms with E-state index in [1.807, 2.05) is 17.0 Å². The summed E-state index contributed by atoms with van der Waals surface area (Å²) in [5.41, 5.74) is 3.30. The minimum absolute atomic E-state index is 0.00775. The van der Waals surface area contributed by atoms with Crippen molar-refractivity contribution in [1.82, 2.24) is 19.9 Å².